The topological polar surface area (TPSA) is 59.9 Å². The zero-order valence-electron chi connectivity index (χ0n) is 5.78. The standard InChI is InChI=1S/C8H5N3/c9-4-8(5-10)7-2-1-3-11-6-7/h1-3H,6H2. The molecule has 3 nitrogen and oxygen atoms in total. The highest BCUT2D eigenvalue weighted by molar-refractivity contribution is 5.74. The van der Waals surface area contributed by atoms with E-state index in [1.807, 2.05) is 12.1 Å². The molecule has 11 heavy (non-hydrogen) atoms. The number of rotatable bonds is 0. The average Bonchev–Trinajstić information content (AvgIpc) is 2.09. The summed E-state index contributed by atoms with van der Waals surface area (Å²) in [6.07, 6.45) is 5.10. The van der Waals surface area contributed by atoms with Crippen LogP contribution in [0.15, 0.2) is 28.3 Å². The molecule has 52 valence electrons. The maximum Gasteiger partial charge on any atom is 0.134 e. The first-order valence-corrected chi connectivity index (χ1v) is 3.08. The molecule has 3 heteroatoms. The number of hydrogen-bond acceptors (Lipinski definition) is 3. The van der Waals surface area contributed by atoms with Gasteiger partial charge in [0.2, 0.25) is 0 Å². The van der Waals surface area contributed by atoms with Gasteiger partial charge in [-0.25, -0.2) is 0 Å². The number of allylic oxidation sites excluding steroid dienone is 2. The molecule has 0 radical (unpaired) electrons. The second kappa shape index (κ2) is 3.34. The number of nitrogens with zero attached hydrogens (tertiary/aromatic N) is 3. The maximum absolute atomic E-state index is 8.46. The fourth-order valence-corrected chi connectivity index (χ4v) is 0.755. The zero-order valence-corrected chi connectivity index (χ0v) is 5.78. The predicted molar refractivity (Wildman–Crippen MR) is 40.8 cm³/mol. The van der Waals surface area contributed by atoms with E-state index in [2.05, 4.69) is 4.99 Å². The van der Waals surface area contributed by atoms with Crippen LogP contribution >= 0.6 is 0 Å². The summed E-state index contributed by atoms with van der Waals surface area (Å²) in [5.74, 6) is 0. The molecular weight excluding hydrogens is 138 g/mol. The summed E-state index contributed by atoms with van der Waals surface area (Å²) in [6.45, 7) is 0.437. The largest absolute Gasteiger partial charge is 0.288 e. The smallest absolute Gasteiger partial charge is 0.134 e. The van der Waals surface area contributed by atoms with Crippen LogP contribution in [0.5, 0.6) is 0 Å². The highest BCUT2D eigenvalue weighted by atomic mass is 14.7. The first-order valence-electron chi connectivity index (χ1n) is 3.08. The Morgan fingerprint density at radius 3 is 2.64 bits per heavy atom. The van der Waals surface area contributed by atoms with Crippen LogP contribution in [-0.2, 0) is 0 Å². The molecule has 1 aliphatic heterocycles. The van der Waals surface area contributed by atoms with Crippen molar-refractivity contribution in [2.24, 2.45) is 4.99 Å². The van der Waals surface area contributed by atoms with E-state index in [0.29, 0.717) is 12.1 Å². The van der Waals surface area contributed by atoms with Crippen molar-refractivity contribution in [3.63, 3.8) is 0 Å². The van der Waals surface area contributed by atoms with Gasteiger partial charge in [-0.15, -0.1) is 0 Å². The fourth-order valence-electron chi connectivity index (χ4n) is 0.755. The van der Waals surface area contributed by atoms with E-state index in [-0.39, 0.29) is 5.57 Å². The van der Waals surface area contributed by atoms with Crippen LogP contribution in [0.25, 0.3) is 0 Å². The molecule has 0 saturated heterocycles. The van der Waals surface area contributed by atoms with Gasteiger partial charge >= 0.3 is 0 Å². The van der Waals surface area contributed by atoms with Crippen molar-refractivity contribution < 1.29 is 0 Å². The van der Waals surface area contributed by atoms with Gasteiger partial charge < -0.3 is 0 Å². The molecule has 0 amide bonds. The molecule has 0 aliphatic carbocycles. The molecule has 0 aromatic heterocycles. The minimum atomic E-state index is 0.151. The van der Waals surface area contributed by atoms with Crippen LogP contribution in [0.3, 0.4) is 0 Å². The Hall–Kier alpha value is -1.87. The van der Waals surface area contributed by atoms with E-state index in [0.717, 1.165) is 0 Å². The summed E-state index contributed by atoms with van der Waals surface area (Å²) in [4.78, 5) is 3.90. The van der Waals surface area contributed by atoms with E-state index < -0.39 is 0 Å². The van der Waals surface area contributed by atoms with Gasteiger partial charge in [0, 0.05) is 11.8 Å². The summed E-state index contributed by atoms with van der Waals surface area (Å²) < 4.78 is 0. The zero-order chi connectivity index (χ0) is 8.10. The summed E-state index contributed by atoms with van der Waals surface area (Å²) in [6, 6.07) is 3.63. The Balaban J connectivity index is 3.00. The van der Waals surface area contributed by atoms with Gasteiger partial charge in [-0.3, -0.25) is 4.99 Å². The van der Waals surface area contributed by atoms with Crippen LogP contribution in [-0.4, -0.2) is 12.8 Å². The molecule has 0 spiro atoms. The molecule has 0 bridgehead atoms. The third-order valence-corrected chi connectivity index (χ3v) is 1.30. The Kier molecular flexibility index (Phi) is 2.20. The van der Waals surface area contributed by atoms with E-state index in [4.69, 9.17) is 10.5 Å². The van der Waals surface area contributed by atoms with Crippen LogP contribution in [0.4, 0.5) is 0 Å². The third kappa shape index (κ3) is 1.53. The molecule has 0 saturated carbocycles. The Bertz CT molecular complexity index is 304. The molecule has 0 aromatic rings. The number of aliphatic imine (C=N–C) groups is 1. The molecule has 0 aromatic carbocycles. The van der Waals surface area contributed by atoms with Gasteiger partial charge in [0.15, 0.2) is 0 Å². The SMILES string of the molecule is N#CC(C#N)=C1C=CC=NC1. The number of nitriles is 2. The van der Waals surface area contributed by atoms with Gasteiger partial charge in [-0.1, -0.05) is 6.08 Å². The van der Waals surface area contributed by atoms with Crippen molar-refractivity contribution >= 4 is 6.21 Å². The van der Waals surface area contributed by atoms with Crippen LogP contribution in [0.2, 0.25) is 0 Å². The molecule has 1 heterocycles. The lowest BCUT2D eigenvalue weighted by atomic mass is 10.1. The quantitative estimate of drug-likeness (QED) is 0.474. The first kappa shape index (κ1) is 7.24. The summed E-state index contributed by atoms with van der Waals surface area (Å²) in [7, 11) is 0. The lowest BCUT2D eigenvalue weighted by Gasteiger charge is -1.99. The van der Waals surface area contributed by atoms with Gasteiger partial charge in [0.05, 0.1) is 6.54 Å². The molecule has 0 atom stereocenters. The first-order chi connectivity index (χ1) is 5.38. The van der Waals surface area contributed by atoms with E-state index in [1.54, 1.807) is 18.4 Å². The van der Waals surface area contributed by atoms with Crippen molar-refractivity contribution in [3.8, 4) is 12.1 Å². The maximum atomic E-state index is 8.46. The van der Waals surface area contributed by atoms with Gasteiger partial charge in [-0.2, -0.15) is 10.5 Å². The minimum Gasteiger partial charge on any atom is -0.288 e. The Morgan fingerprint density at radius 1 is 1.45 bits per heavy atom. The lowest BCUT2D eigenvalue weighted by Crippen LogP contribution is -1.94. The minimum absolute atomic E-state index is 0.151. The van der Waals surface area contributed by atoms with Crippen molar-refractivity contribution in [3.05, 3.63) is 23.3 Å². The summed E-state index contributed by atoms with van der Waals surface area (Å²) >= 11 is 0. The Morgan fingerprint density at radius 2 is 2.18 bits per heavy atom. The molecule has 0 unspecified atom stereocenters. The second-order valence-electron chi connectivity index (χ2n) is 1.97. The molecule has 1 aliphatic rings. The van der Waals surface area contributed by atoms with Crippen molar-refractivity contribution in [2.45, 2.75) is 0 Å². The molecule has 0 fully saturated rings. The van der Waals surface area contributed by atoms with Gasteiger partial charge in [0.1, 0.15) is 17.7 Å². The fraction of sp³-hybridized carbons (Fsp3) is 0.125. The third-order valence-electron chi connectivity index (χ3n) is 1.30. The van der Waals surface area contributed by atoms with Gasteiger partial charge in [-0.05, 0) is 6.08 Å². The molecule has 0 N–H and O–H groups in total. The van der Waals surface area contributed by atoms with Crippen LogP contribution < -0.4 is 0 Å². The molecular formula is C8H5N3. The number of hydrogen-bond donors (Lipinski definition) is 0. The highest BCUT2D eigenvalue weighted by Gasteiger charge is 2.02. The van der Waals surface area contributed by atoms with Gasteiger partial charge in [0.25, 0.3) is 0 Å². The monoisotopic (exact) mass is 143 g/mol. The second-order valence-corrected chi connectivity index (χ2v) is 1.97. The van der Waals surface area contributed by atoms with Crippen molar-refractivity contribution in [1.82, 2.24) is 0 Å². The normalized spacial score (nSPS) is 13.8. The van der Waals surface area contributed by atoms with E-state index in [9.17, 15) is 0 Å². The Labute approximate surface area is 64.6 Å². The van der Waals surface area contributed by atoms with Crippen LogP contribution in [0.1, 0.15) is 0 Å². The summed E-state index contributed by atoms with van der Waals surface area (Å²) in [5, 5.41) is 16.9. The van der Waals surface area contributed by atoms with E-state index in [1.165, 1.54) is 0 Å². The van der Waals surface area contributed by atoms with Crippen molar-refractivity contribution in [2.75, 3.05) is 6.54 Å². The van der Waals surface area contributed by atoms with E-state index >= 15 is 0 Å². The van der Waals surface area contributed by atoms with Crippen molar-refractivity contribution in [1.29, 1.82) is 10.5 Å². The molecule has 1 rings (SSSR count). The highest BCUT2D eigenvalue weighted by Crippen LogP contribution is 2.07. The lowest BCUT2D eigenvalue weighted by molar-refractivity contribution is 1.16. The van der Waals surface area contributed by atoms with Crippen LogP contribution in [0, 0.1) is 22.7 Å². The number of dihydropyridines is 1. The average molecular weight is 143 g/mol. The predicted octanol–water partition coefficient (Wildman–Crippen LogP) is 0.971. The summed E-state index contributed by atoms with van der Waals surface area (Å²) in [5.41, 5.74) is 0.843.